The van der Waals surface area contributed by atoms with E-state index in [0.29, 0.717) is 18.6 Å². The number of rotatable bonds is 12. The zero-order chi connectivity index (χ0) is 45.6. The highest BCUT2D eigenvalue weighted by Crippen LogP contribution is 2.41. The van der Waals surface area contributed by atoms with Crippen molar-refractivity contribution >= 4 is 11.7 Å². The third-order valence-electron chi connectivity index (χ3n) is 13.6. The Kier molecular flexibility index (Phi) is 18.2. The van der Waals surface area contributed by atoms with Gasteiger partial charge in [0.05, 0.1) is 53.4 Å². The Morgan fingerprint density at radius 1 is 0.902 bits per heavy atom. The van der Waals surface area contributed by atoms with E-state index in [1.807, 2.05) is 63.2 Å². The summed E-state index contributed by atoms with van der Waals surface area (Å²) in [6.45, 7) is 17.5. The summed E-state index contributed by atoms with van der Waals surface area (Å²) < 4.78 is 37.9. The molecule has 61 heavy (non-hydrogen) atoms. The van der Waals surface area contributed by atoms with Crippen LogP contribution in [0.1, 0.15) is 107 Å². The predicted octanol–water partition coefficient (Wildman–Crippen LogP) is 4.22. The number of aliphatic hydroxyl groups excluding tert-OH is 3. The molecule has 0 aromatic heterocycles. The Hall–Kier alpha value is -2.28. The fourth-order valence-corrected chi connectivity index (χ4v) is 9.70. The summed E-state index contributed by atoms with van der Waals surface area (Å²) in [6.07, 6.45) is -7.82. The number of cyclic esters (lactones) is 1. The summed E-state index contributed by atoms with van der Waals surface area (Å²) in [7, 11) is 5.25. The molecule has 3 aliphatic rings. The number of carbonyl (C=O) groups is 1. The lowest BCUT2D eigenvalue weighted by atomic mass is 9.73. The maximum atomic E-state index is 14.4. The van der Waals surface area contributed by atoms with Crippen LogP contribution in [-0.2, 0) is 44.5 Å². The number of nitrogens with zero attached hydrogens (tertiary/aromatic N) is 2. The molecule has 15 nitrogen and oxygen atoms in total. The lowest BCUT2D eigenvalue weighted by Gasteiger charge is -2.49. The number of methoxy groups -OCH3 is 1. The maximum Gasteiger partial charge on any atom is 0.311 e. The highest BCUT2D eigenvalue weighted by Gasteiger charge is 2.53. The van der Waals surface area contributed by atoms with E-state index in [1.165, 1.54) is 14.0 Å². The van der Waals surface area contributed by atoms with Crippen molar-refractivity contribution in [3.63, 3.8) is 0 Å². The van der Waals surface area contributed by atoms with E-state index in [2.05, 4.69) is 5.16 Å². The SMILES string of the molecule is CC[C@H]1OC(=O)[C@H](C)[C@@H](O[C@H]2C[C@@](C)(OC)[C@@H](O)[C@H](C)O2)[C@H](C)[C@@H](O[C@@H]2O[C@H](C)C[C@H](N(C)C)[C@H]2O)[C@@](C)(O)C[C@@H](C)/C(=N/OCCCc2ccccc2)[C@H](C)[C@@H](O)[C@]1(C)O. The average molecular weight is 867 g/mol. The van der Waals surface area contributed by atoms with Crippen LogP contribution in [0.15, 0.2) is 35.5 Å². The number of ether oxygens (including phenoxy) is 6. The quantitative estimate of drug-likeness (QED) is 0.114. The molecule has 0 saturated carbocycles. The molecule has 350 valence electrons. The van der Waals surface area contributed by atoms with Crippen LogP contribution in [0.3, 0.4) is 0 Å². The Labute approximate surface area is 364 Å². The summed E-state index contributed by atoms with van der Waals surface area (Å²) >= 11 is 0. The molecule has 0 spiro atoms. The van der Waals surface area contributed by atoms with E-state index in [9.17, 15) is 30.3 Å². The largest absolute Gasteiger partial charge is 0.459 e. The van der Waals surface area contributed by atoms with Gasteiger partial charge in [-0.15, -0.1) is 0 Å². The van der Waals surface area contributed by atoms with Gasteiger partial charge in [0, 0.05) is 37.3 Å². The van der Waals surface area contributed by atoms with Crippen LogP contribution in [0.25, 0.3) is 0 Å². The Morgan fingerprint density at radius 2 is 1.56 bits per heavy atom. The zero-order valence-corrected chi connectivity index (χ0v) is 38.9. The molecular weight excluding hydrogens is 789 g/mol. The molecule has 3 fully saturated rings. The first kappa shape index (κ1) is 51.4. The molecule has 0 amide bonds. The number of hydrogen-bond donors (Lipinski definition) is 5. The van der Waals surface area contributed by atoms with Crippen molar-refractivity contribution < 1.29 is 63.6 Å². The monoisotopic (exact) mass is 867 g/mol. The predicted molar refractivity (Wildman–Crippen MR) is 229 cm³/mol. The minimum atomic E-state index is -1.94. The second-order valence-electron chi connectivity index (χ2n) is 19.0. The summed E-state index contributed by atoms with van der Waals surface area (Å²) in [5.41, 5.74) is -3.19. The van der Waals surface area contributed by atoms with Crippen molar-refractivity contribution in [1.29, 1.82) is 0 Å². The Bertz CT molecular complexity index is 1550. The molecule has 0 aliphatic carbocycles. The molecule has 5 N–H and O–H groups in total. The second kappa shape index (κ2) is 21.6. The van der Waals surface area contributed by atoms with Crippen LogP contribution < -0.4 is 0 Å². The number of carbonyl (C=O) groups excluding carboxylic acids is 1. The molecule has 0 bridgehead atoms. The first-order chi connectivity index (χ1) is 28.5. The highest BCUT2D eigenvalue weighted by molar-refractivity contribution is 5.88. The summed E-state index contributed by atoms with van der Waals surface area (Å²) in [5.74, 6) is -3.99. The van der Waals surface area contributed by atoms with Crippen LogP contribution in [0.4, 0.5) is 0 Å². The van der Waals surface area contributed by atoms with Crippen LogP contribution in [0.2, 0.25) is 0 Å². The Morgan fingerprint density at radius 3 is 2.16 bits per heavy atom. The first-order valence-electron chi connectivity index (χ1n) is 22.2. The van der Waals surface area contributed by atoms with Crippen molar-refractivity contribution in [3.8, 4) is 0 Å². The fourth-order valence-electron chi connectivity index (χ4n) is 9.70. The van der Waals surface area contributed by atoms with Gasteiger partial charge in [0.15, 0.2) is 12.6 Å². The number of hydrogen-bond acceptors (Lipinski definition) is 15. The minimum Gasteiger partial charge on any atom is -0.459 e. The van der Waals surface area contributed by atoms with Crippen molar-refractivity contribution in [2.75, 3.05) is 27.8 Å². The van der Waals surface area contributed by atoms with Gasteiger partial charge < -0.3 is 63.7 Å². The summed E-state index contributed by atoms with van der Waals surface area (Å²) in [4.78, 5) is 22.2. The Balaban J connectivity index is 1.82. The molecule has 4 rings (SSSR count). The highest BCUT2D eigenvalue weighted by atomic mass is 16.7. The lowest BCUT2D eigenvalue weighted by Crippen LogP contribution is -2.61. The standard InChI is InChI=1S/C46H78N2O13/c1-14-34-46(10,54)39(50)28(4)36(47-56-22-18-21-32-19-16-15-17-20-32)26(2)24-44(8,53)41(61-43-37(49)33(48(11)12)23-27(3)57-43)29(5)38(30(6)42(52)59-34)60-35-25-45(9,55-13)40(51)31(7)58-35/h15-17,19-20,26-31,33-35,37-41,43,49-51,53-54H,14,18,21-25H2,1-13H3/b47-36-/t26-,27-,28+,29+,30-,31+,33+,34-,35+,37-,38+,39-,40+,41-,43+,44+,45-,46-/m1/s1. The fraction of sp³-hybridized carbons (Fsp3) is 0.826. The van der Waals surface area contributed by atoms with Crippen LogP contribution in [-0.4, -0.2) is 154 Å². The van der Waals surface area contributed by atoms with E-state index in [-0.39, 0.29) is 38.0 Å². The minimum absolute atomic E-state index is 0.0105. The number of aliphatic hydroxyl groups is 5. The number of esters is 1. The van der Waals surface area contributed by atoms with E-state index in [1.54, 1.807) is 48.5 Å². The van der Waals surface area contributed by atoms with Crippen LogP contribution >= 0.6 is 0 Å². The lowest BCUT2D eigenvalue weighted by molar-refractivity contribution is -0.317. The van der Waals surface area contributed by atoms with Crippen molar-refractivity contribution in [2.24, 2.45) is 28.8 Å². The van der Waals surface area contributed by atoms with E-state index < -0.39 is 102 Å². The number of likely N-dealkylation sites (N-methyl/N-ethyl adjacent to an activating group) is 1. The number of oxime groups is 1. The summed E-state index contributed by atoms with van der Waals surface area (Å²) in [5, 5.41) is 64.2. The normalized spacial score (nSPS) is 44.1. The molecule has 3 saturated heterocycles. The third kappa shape index (κ3) is 12.3. The number of benzene rings is 1. The van der Waals surface area contributed by atoms with Gasteiger partial charge in [-0.05, 0) is 93.3 Å². The van der Waals surface area contributed by atoms with Gasteiger partial charge in [-0.2, -0.15) is 0 Å². The van der Waals surface area contributed by atoms with Crippen LogP contribution in [0, 0.1) is 23.7 Å². The zero-order valence-electron chi connectivity index (χ0n) is 38.9. The molecule has 1 aromatic carbocycles. The smallest absolute Gasteiger partial charge is 0.311 e. The van der Waals surface area contributed by atoms with Gasteiger partial charge in [0.1, 0.15) is 30.5 Å². The molecule has 3 aliphatic heterocycles. The number of aryl methyl sites for hydroxylation is 1. The molecule has 1 aromatic rings. The molecule has 3 heterocycles. The van der Waals surface area contributed by atoms with Crippen molar-refractivity contribution in [3.05, 3.63) is 35.9 Å². The van der Waals surface area contributed by atoms with Gasteiger partial charge in [0.25, 0.3) is 0 Å². The van der Waals surface area contributed by atoms with Crippen molar-refractivity contribution in [1.82, 2.24) is 4.90 Å². The molecule has 0 unspecified atom stereocenters. The van der Waals surface area contributed by atoms with Gasteiger partial charge >= 0.3 is 5.97 Å². The van der Waals surface area contributed by atoms with Gasteiger partial charge in [-0.3, -0.25) is 4.79 Å². The molecule has 15 heteroatoms. The van der Waals surface area contributed by atoms with E-state index in [0.717, 1.165) is 12.0 Å². The molecule has 18 atom stereocenters. The van der Waals surface area contributed by atoms with Gasteiger partial charge in [-0.25, -0.2) is 0 Å². The topological polar surface area (TPSA) is 198 Å². The summed E-state index contributed by atoms with van der Waals surface area (Å²) in [6, 6.07) is 9.70. The van der Waals surface area contributed by atoms with Crippen molar-refractivity contribution in [2.45, 2.75) is 192 Å². The average Bonchev–Trinajstić information content (AvgIpc) is 3.20. The first-order valence-corrected chi connectivity index (χ1v) is 22.2. The van der Waals surface area contributed by atoms with Gasteiger partial charge in [-0.1, -0.05) is 63.2 Å². The van der Waals surface area contributed by atoms with E-state index >= 15 is 0 Å². The molecular formula is C46H78N2O13. The van der Waals surface area contributed by atoms with E-state index in [4.69, 9.17) is 33.3 Å². The molecule has 0 radical (unpaired) electrons. The van der Waals surface area contributed by atoms with Gasteiger partial charge in [0.2, 0.25) is 0 Å². The maximum absolute atomic E-state index is 14.4. The van der Waals surface area contributed by atoms with Crippen LogP contribution in [0.5, 0.6) is 0 Å². The second-order valence-corrected chi connectivity index (χ2v) is 19.0. The third-order valence-corrected chi connectivity index (χ3v) is 13.6.